The van der Waals surface area contributed by atoms with Crippen molar-refractivity contribution in [1.82, 2.24) is 19.5 Å². The normalized spacial score (nSPS) is 27.9. The van der Waals surface area contributed by atoms with E-state index in [0.717, 1.165) is 0 Å². The quantitative estimate of drug-likeness (QED) is 0.287. The van der Waals surface area contributed by atoms with Crippen molar-refractivity contribution in [2.24, 2.45) is 0 Å². The summed E-state index contributed by atoms with van der Waals surface area (Å²) in [5.41, 5.74) is 6.65. The Morgan fingerprint density at radius 2 is 2.14 bits per heavy atom. The first-order valence-electron chi connectivity index (χ1n) is 10.8. The number of aliphatic hydroxyl groups excluding tert-OH is 1. The van der Waals surface area contributed by atoms with Gasteiger partial charge < -0.3 is 24.7 Å². The number of nitrogens with zero attached hydrogens (tertiary/aromatic N) is 4. The number of aromatic nitrogens is 4. The molecule has 4 aromatic rings. The average molecular weight is 517 g/mol. The second-order valence-electron chi connectivity index (χ2n) is 8.18. The van der Waals surface area contributed by atoms with Gasteiger partial charge in [0.05, 0.1) is 26.7 Å². The average Bonchev–Trinajstić information content (AvgIpc) is 3.44. The lowest BCUT2D eigenvalue weighted by Gasteiger charge is -2.30. The number of nitrogens with two attached hydrogens (primary N) is 1. The number of aliphatic hydroxyl groups is 1. The van der Waals surface area contributed by atoms with Gasteiger partial charge in [-0.2, -0.15) is 0 Å². The fourth-order valence-electron chi connectivity index (χ4n) is 4.28. The molecule has 14 nitrogen and oxygen atoms in total. The third-order valence-corrected chi connectivity index (χ3v) is 7.44. The number of nitrogen functional groups attached to an aromatic ring is 1. The van der Waals surface area contributed by atoms with Crippen LogP contribution in [0, 0.1) is 0 Å². The maximum atomic E-state index is 13.3. The molecule has 2 saturated heterocycles. The molecule has 0 spiro atoms. The third kappa shape index (κ3) is 3.84. The van der Waals surface area contributed by atoms with E-state index in [1.165, 1.54) is 30.4 Å². The smallest absolute Gasteiger partial charge is 0.475 e. The zero-order chi connectivity index (χ0) is 25.0. The van der Waals surface area contributed by atoms with Gasteiger partial charge in [0.2, 0.25) is 0 Å². The molecule has 3 aromatic heterocycles. The Labute approximate surface area is 202 Å². The third-order valence-electron chi connectivity index (χ3n) is 6.03. The summed E-state index contributed by atoms with van der Waals surface area (Å²) < 4.78 is 47.6. The Morgan fingerprint density at radius 3 is 2.97 bits per heavy atom. The molecule has 0 aliphatic carbocycles. The van der Waals surface area contributed by atoms with E-state index in [1.807, 2.05) is 0 Å². The predicted molar refractivity (Wildman–Crippen MR) is 122 cm³/mol. The molecule has 1 aromatic carbocycles. The van der Waals surface area contributed by atoms with Gasteiger partial charge >= 0.3 is 13.4 Å². The predicted octanol–water partition coefficient (Wildman–Crippen LogP) is 1.52. The summed E-state index contributed by atoms with van der Waals surface area (Å²) in [6.07, 6.45) is -1.28. The first-order chi connectivity index (χ1) is 17.3. The maximum absolute atomic E-state index is 13.3. The number of ether oxygens (including phenoxy) is 2. The highest BCUT2D eigenvalue weighted by molar-refractivity contribution is 7.48. The largest absolute Gasteiger partial charge is 0.497 e. The number of phosphoric acid groups is 1. The van der Waals surface area contributed by atoms with Crippen LogP contribution in [0.1, 0.15) is 11.8 Å². The molecular formula is C21H20N5O9P. The highest BCUT2D eigenvalue weighted by Gasteiger charge is 2.53. The minimum atomic E-state index is -4.13. The Balaban J connectivity index is 1.22. The zero-order valence-electron chi connectivity index (χ0n) is 18.7. The fourth-order valence-corrected chi connectivity index (χ4v) is 5.67. The Bertz CT molecular complexity index is 1570. The molecule has 188 valence electrons. The molecular weight excluding hydrogens is 497 g/mol. The van der Waals surface area contributed by atoms with Crippen LogP contribution in [0.25, 0.3) is 22.1 Å². The molecule has 6 rings (SSSR count). The van der Waals surface area contributed by atoms with E-state index < -0.39 is 38.0 Å². The molecule has 0 unspecified atom stereocenters. The van der Waals surface area contributed by atoms with Crippen molar-refractivity contribution in [3.8, 4) is 5.75 Å². The minimum absolute atomic E-state index is 0.162. The monoisotopic (exact) mass is 517 g/mol. The second-order valence-corrected chi connectivity index (χ2v) is 9.80. The number of phosphoric ester groups is 1. The van der Waals surface area contributed by atoms with Gasteiger partial charge in [0.25, 0.3) is 0 Å². The summed E-state index contributed by atoms with van der Waals surface area (Å²) in [5.74, 6) is 0.717. The van der Waals surface area contributed by atoms with Crippen LogP contribution in [0.3, 0.4) is 0 Å². The zero-order valence-corrected chi connectivity index (χ0v) is 19.6. The summed E-state index contributed by atoms with van der Waals surface area (Å²) in [6.45, 7) is -0.447. The van der Waals surface area contributed by atoms with Crippen molar-refractivity contribution < 1.29 is 37.1 Å². The van der Waals surface area contributed by atoms with Crippen LogP contribution in [0.5, 0.6) is 5.75 Å². The molecule has 5 atom stereocenters. The molecule has 3 N–H and O–H groups in total. The van der Waals surface area contributed by atoms with Crippen LogP contribution in [0.4, 0.5) is 5.82 Å². The number of fused-ring (bicyclic) bond motifs is 3. The number of hydrogen-bond acceptors (Lipinski definition) is 13. The van der Waals surface area contributed by atoms with Gasteiger partial charge in [-0.3, -0.25) is 18.1 Å². The number of hydrogen-bond donors (Lipinski definition) is 2. The standard InChI is InChI=1S/C21H20N5O9P/c1-30-11-2-3-13-12(5-11)10(4-15(27)33-13)6-31-36(29)32-7-14-18(35-36)17(28)21(34-14)26-9-25-16-19(22)23-8-24-20(16)26/h2-5,8-9,14,17-18,21,28H,6-7H2,1H3,(H2,22,23,24)/t14-,17-,18-,21-,36-/m1/s1. The van der Waals surface area contributed by atoms with Crippen LogP contribution >= 0.6 is 7.82 Å². The van der Waals surface area contributed by atoms with Crippen LogP contribution in [-0.4, -0.2) is 56.7 Å². The van der Waals surface area contributed by atoms with Gasteiger partial charge in [0, 0.05) is 11.5 Å². The second kappa shape index (κ2) is 8.62. The topological polar surface area (TPSA) is 183 Å². The summed E-state index contributed by atoms with van der Waals surface area (Å²) in [4.78, 5) is 24.2. The van der Waals surface area contributed by atoms with Crippen molar-refractivity contribution in [2.45, 2.75) is 31.1 Å². The van der Waals surface area contributed by atoms with E-state index >= 15 is 0 Å². The molecule has 36 heavy (non-hydrogen) atoms. The van der Waals surface area contributed by atoms with Crippen molar-refractivity contribution in [3.63, 3.8) is 0 Å². The Morgan fingerprint density at radius 1 is 1.28 bits per heavy atom. The number of anilines is 1. The molecule has 15 heteroatoms. The van der Waals surface area contributed by atoms with Crippen LogP contribution in [0.15, 0.2) is 46.1 Å². The molecule has 2 aliphatic heterocycles. The van der Waals surface area contributed by atoms with E-state index in [0.29, 0.717) is 33.4 Å². The van der Waals surface area contributed by atoms with Gasteiger partial charge in [-0.25, -0.2) is 24.3 Å². The summed E-state index contributed by atoms with van der Waals surface area (Å²) >= 11 is 0. The first kappa shape index (κ1) is 23.0. The van der Waals surface area contributed by atoms with Gasteiger partial charge in [0.15, 0.2) is 17.7 Å². The first-order valence-corrected chi connectivity index (χ1v) is 12.3. The van der Waals surface area contributed by atoms with Crippen molar-refractivity contribution in [3.05, 3.63) is 52.9 Å². The number of benzene rings is 1. The lowest BCUT2D eigenvalue weighted by molar-refractivity contribution is -0.0714. The lowest BCUT2D eigenvalue weighted by atomic mass is 10.1. The van der Waals surface area contributed by atoms with E-state index in [-0.39, 0.29) is 19.0 Å². The van der Waals surface area contributed by atoms with E-state index in [4.69, 9.17) is 33.2 Å². The van der Waals surface area contributed by atoms with Crippen molar-refractivity contribution >= 4 is 35.8 Å². The Hall–Kier alpha value is -3.39. The SMILES string of the molecule is COc1ccc2oc(=O)cc(CO[P@]3(=O)OC[C@H]4O[C@@H](n5cnc6c(N)ncnc65)[C@H](O)[C@@H]4O3)c2c1. The Kier molecular flexibility index (Phi) is 5.52. The molecule has 2 aliphatic rings. The number of methoxy groups -OCH3 is 1. The summed E-state index contributed by atoms with van der Waals surface area (Å²) in [7, 11) is -2.63. The van der Waals surface area contributed by atoms with Crippen molar-refractivity contribution in [1.29, 1.82) is 0 Å². The fraction of sp³-hybridized carbons (Fsp3) is 0.333. The van der Waals surface area contributed by atoms with Crippen LogP contribution in [0.2, 0.25) is 0 Å². The molecule has 0 amide bonds. The molecule has 0 bridgehead atoms. The van der Waals surface area contributed by atoms with Gasteiger partial charge in [-0.15, -0.1) is 0 Å². The summed E-state index contributed by atoms with van der Waals surface area (Å²) in [6, 6.07) is 6.12. The molecule has 5 heterocycles. The maximum Gasteiger partial charge on any atom is 0.475 e. The minimum Gasteiger partial charge on any atom is -0.497 e. The van der Waals surface area contributed by atoms with Gasteiger partial charge in [0.1, 0.15) is 41.5 Å². The van der Waals surface area contributed by atoms with Crippen LogP contribution < -0.4 is 16.1 Å². The summed E-state index contributed by atoms with van der Waals surface area (Å²) in [5, 5.41) is 11.5. The highest BCUT2D eigenvalue weighted by atomic mass is 31.2. The molecule has 0 radical (unpaired) electrons. The number of rotatable bonds is 5. The van der Waals surface area contributed by atoms with Crippen LogP contribution in [-0.2, 0) is 29.5 Å². The van der Waals surface area contributed by atoms with E-state index in [1.54, 1.807) is 18.2 Å². The highest BCUT2D eigenvalue weighted by Crippen LogP contribution is 2.57. The van der Waals surface area contributed by atoms with E-state index in [2.05, 4.69) is 15.0 Å². The molecule has 2 fully saturated rings. The molecule has 0 saturated carbocycles. The van der Waals surface area contributed by atoms with Gasteiger partial charge in [-0.1, -0.05) is 0 Å². The lowest BCUT2D eigenvalue weighted by Crippen LogP contribution is -2.39. The van der Waals surface area contributed by atoms with Gasteiger partial charge in [-0.05, 0) is 23.8 Å². The van der Waals surface area contributed by atoms with Crippen molar-refractivity contribution in [2.75, 3.05) is 19.5 Å². The number of imidazole rings is 1. The van der Waals surface area contributed by atoms with E-state index in [9.17, 15) is 14.5 Å².